The number of hydrogen-bond donors (Lipinski definition) is 1. The average Bonchev–Trinajstić information content (AvgIpc) is 2.53. The Labute approximate surface area is 89.4 Å². The van der Waals surface area contributed by atoms with Gasteiger partial charge in [-0.3, -0.25) is 0 Å². The molecule has 80 valence electrons. The van der Waals surface area contributed by atoms with E-state index >= 15 is 0 Å². The maximum atomic E-state index is 11.6. The molecule has 0 aliphatic carbocycles. The highest BCUT2D eigenvalue weighted by atomic mass is 16.5. The highest BCUT2D eigenvalue weighted by molar-refractivity contribution is 5.87. The Bertz CT molecular complexity index is 414. The van der Waals surface area contributed by atoms with Crippen LogP contribution in [0.1, 0.15) is 18.1 Å². The molecule has 0 saturated heterocycles. The molecule has 0 spiro atoms. The van der Waals surface area contributed by atoms with Gasteiger partial charge in [-0.15, -0.1) is 0 Å². The van der Waals surface area contributed by atoms with Crippen LogP contribution in [0.3, 0.4) is 0 Å². The number of rotatable bonds is 1. The topological polar surface area (TPSA) is 38.3 Å². The molecule has 3 nitrogen and oxygen atoms in total. The van der Waals surface area contributed by atoms with E-state index < -0.39 is 5.54 Å². The molecule has 0 saturated carbocycles. The number of carbonyl (C=O) groups is 1. The first kappa shape index (κ1) is 10.0. The maximum Gasteiger partial charge on any atom is 0.331 e. The van der Waals surface area contributed by atoms with Gasteiger partial charge in [-0.2, -0.15) is 0 Å². The van der Waals surface area contributed by atoms with Crippen LogP contribution in [0.5, 0.6) is 0 Å². The van der Waals surface area contributed by atoms with Gasteiger partial charge in [0.1, 0.15) is 5.54 Å². The molecule has 0 radical (unpaired) electrons. The van der Waals surface area contributed by atoms with Crippen LogP contribution in [-0.4, -0.2) is 18.6 Å². The van der Waals surface area contributed by atoms with E-state index in [1.165, 1.54) is 18.2 Å². The van der Waals surface area contributed by atoms with Crippen LogP contribution in [0.4, 0.5) is 5.69 Å². The summed E-state index contributed by atoms with van der Waals surface area (Å²) in [5, 5.41) is 3.21. The average molecular weight is 205 g/mol. The van der Waals surface area contributed by atoms with Crippen molar-refractivity contribution < 1.29 is 9.53 Å². The van der Waals surface area contributed by atoms with Crippen molar-refractivity contribution in [2.45, 2.75) is 25.8 Å². The molecule has 0 aromatic heterocycles. The van der Waals surface area contributed by atoms with Crippen LogP contribution in [-0.2, 0) is 16.0 Å². The molecule has 1 aromatic rings. The number of carbonyl (C=O) groups excluding carboxylic acids is 1. The molecule has 1 unspecified atom stereocenters. The van der Waals surface area contributed by atoms with Gasteiger partial charge in [-0.25, -0.2) is 4.79 Å². The quantitative estimate of drug-likeness (QED) is 0.711. The summed E-state index contributed by atoms with van der Waals surface area (Å²) < 4.78 is 4.80. The second-order valence-electron chi connectivity index (χ2n) is 4.29. The predicted molar refractivity (Wildman–Crippen MR) is 58.9 cm³/mol. The third kappa shape index (κ3) is 1.58. The van der Waals surface area contributed by atoms with Gasteiger partial charge in [-0.1, -0.05) is 17.7 Å². The van der Waals surface area contributed by atoms with Crippen molar-refractivity contribution in [3.05, 3.63) is 29.3 Å². The lowest BCUT2D eigenvalue weighted by atomic mass is 9.97. The number of hydrogen-bond acceptors (Lipinski definition) is 3. The molecular formula is C12H15NO2. The number of ether oxygens (including phenoxy) is 1. The molecule has 1 aromatic carbocycles. The first-order valence-electron chi connectivity index (χ1n) is 5.01. The summed E-state index contributed by atoms with van der Waals surface area (Å²) in [5.74, 6) is -0.212. The van der Waals surface area contributed by atoms with Gasteiger partial charge in [0.2, 0.25) is 0 Å². The lowest BCUT2D eigenvalue weighted by Crippen LogP contribution is -2.42. The number of esters is 1. The number of methoxy groups -OCH3 is 1. The van der Waals surface area contributed by atoms with E-state index in [2.05, 4.69) is 11.4 Å². The van der Waals surface area contributed by atoms with Gasteiger partial charge in [0.25, 0.3) is 0 Å². The van der Waals surface area contributed by atoms with E-state index in [0.29, 0.717) is 6.42 Å². The van der Waals surface area contributed by atoms with Crippen molar-refractivity contribution in [3.8, 4) is 0 Å². The zero-order valence-corrected chi connectivity index (χ0v) is 9.26. The Balaban J connectivity index is 2.32. The fourth-order valence-corrected chi connectivity index (χ4v) is 2.06. The molecule has 0 amide bonds. The Hall–Kier alpha value is -1.51. The summed E-state index contributed by atoms with van der Waals surface area (Å²) in [7, 11) is 1.42. The van der Waals surface area contributed by atoms with Crippen molar-refractivity contribution >= 4 is 11.7 Å². The summed E-state index contributed by atoms with van der Waals surface area (Å²) in [6.07, 6.45) is 0.691. The van der Waals surface area contributed by atoms with Crippen molar-refractivity contribution in [2.24, 2.45) is 0 Å². The molecule has 0 bridgehead atoms. The highest BCUT2D eigenvalue weighted by Crippen LogP contribution is 2.33. The number of nitrogens with one attached hydrogen (secondary N) is 1. The predicted octanol–water partition coefficient (Wildman–Crippen LogP) is 1.89. The number of benzene rings is 1. The monoisotopic (exact) mass is 205 g/mol. The van der Waals surface area contributed by atoms with Crippen LogP contribution in [0.2, 0.25) is 0 Å². The second kappa shape index (κ2) is 3.26. The Morgan fingerprint density at radius 2 is 2.27 bits per heavy atom. The second-order valence-corrected chi connectivity index (χ2v) is 4.29. The summed E-state index contributed by atoms with van der Waals surface area (Å²) in [4.78, 5) is 11.6. The zero-order valence-electron chi connectivity index (χ0n) is 9.26. The first-order valence-corrected chi connectivity index (χ1v) is 5.01. The molecule has 2 rings (SSSR count). The smallest absolute Gasteiger partial charge is 0.331 e. The molecule has 1 aliphatic rings. The minimum atomic E-state index is -0.606. The van der Waals surface area contributed by atoms with Gasteiger partial charge < -0.3 is 10.1 Å². The van der Waals surface area contributed by atoms with E-state index in [0.717, 1.165) is 5.69 Å². The summed E-state index contributed by atoms with van der Waals surface area (Å²) in [6, 6.07) is 6.16. The van der Waals surface area contributed by atoms with Crippen LogP contribution in [0, 0.1) is 6.92 Å². The van der Waals surface area contributed by atoms with Crippen LogP contribution in [0.15, 0.2) is 18.2 Å². The van der Waals surface area contributed by atoms with Crippen LogP contribution in [0.25, 0.3) is 0 Å². The SMILES string of the molecule is COC(=O)C1(C)Cc2cc(C)ccc2N1. The van der Waals surface area contributed by atoms with Crippen molar-refractivity contribution in [1.29, 1.82) is 0 Å². The van der Waals surface area contributed by atoms with Gasteiger partial charge >= 0.3 is 5.97 Å². The molecule has 15 heavy (non-hydrogen) atoms. The van der Waals surface area contributed by atoms with E-state index in [1.54, 1.807) is 0 Å². The standard InChI is InChI=1S/C12H15NO2/c1-8-4-5-10-9(6-8)7-12(2,13-10)11(14)15-3/h4-6,13H,7H2,1-3H3. The highest BCUT2D eigenvalue weighted by Gasteiger charge is 2.40. The van der Waals surface area contributed by atoms with E-state index in [1.807, 2.05) is 26.0 Å². The van der Waals surface area contributed by atoms with Gasteiger partial charge in [0.15, 0.2) is 0 Å². The van der Waals surface area contributed by atoms with Crippen molar-refractivity contribution in [1.82, 2.24) is 0 Å². The Morgan fingerprint density at radius 1 is 1.53 bits per heavy atom. The molecule has 3 heteroatoms. The Kier molecular flexibility index (Phi) is 2.18. The van der Waals surface area contributed by atoms with Gasteiger partial charge in [0, 0.05) is 12.1 Å². The zero-order chi connectivity index (χ0) is 11.1. The van der Waals surface area contributed by atoms with Crippen LogP contribution < -0.4 is 5.32 Å². The summed E-state index contributed by atoms with van der Waals surface area (Å²) in [5.41, 5.74) is 2.83. The maximum absolute atomic E-state index is 11.6. The lowest BCUT2D eigenvalue weighted by Gasteiger charge is -2.21. The summed E-state index contributed by atoms with van der Waals surface area (Å²) >= 11 is 0. The fraction of sp³-hybridized carbons (Fsp3) is 0.417. The number of fused-ring (bicyclic) bond motifs is 1. The van der Waals surface area contributed by atoms with Gasteiger partial charge in [-0.05, 0) is 25.5 Å². The molecule has 0 fully saturated rings. The van der Waals surface area contributed by atoms with E-state index in [-0.39, 0.29) is 5.97 Å². The van der Waals surface area contributed by atoms with E-state index in [4.69, 9.17) is 4.74 Å². The minimum absolute atomic E-state index is 0.212. The van der Waals surface area contributed by atoms with Gasteiger partial charge in [0.05, 0.1) is 7.11 Å². The lowest BCUT2D eigenvalue weighted by molar-refractivity contribution is -0.145. The molecule has 1 aliphatic heterocycles. The van der Waals surface area contributed by atoms with E-state index in [9.17, 15) is 4.79 Å². The third-order valence-electron chi connectivity index (χ3n) is 2.85. The molecule has 1 N–H and O–H groups in total. The normalized spacial score (nSPS) is 23.1. The fourth-order valence-electron chi connectivity index (χ4n) is 2.06. The number of aryl methyl sites for hydroxylation is 1. The van der Waals surface area contributed by atoms with Crippen LogP contribution >= 0.6 is 0 Å². The third-order valence-corrected chi connectivity index (χ3v) is 2.85. The first-order chi connectivity index (χ1) is 7.05. The minimum Gasteiger partial charge on any atom is -0.467 e. The summed E-state index contributed by atoms with van der Waals surface area (Å²) in [6.45, 7) is 3.92. The Morgan fingerprint density at radius 3 is 2.93 bits per heavy atom. The largest absolute Gasteiger partial charge is 0.467 e. The molecular weight excluding hydrogens is 190 g/mol. The molecule has 1 atom stereocenters. The van der Waals surface area contributed by atoms with Crippen molar-refractivity contribution in [3.63, 3.8) is 0 Å². The molecule has 1 heterocycles. The van der Waals surface area contributed by atoms with Crippen molar-refractivity contribution in [2.75, 3.05) is 12.4 Å². The number of anilines is 1.